The van der Waals surface area contributed by atoms with Gasteiger partial charge in [-0.25, -0.2) is 9.13 Å². The van der Waals surface area contributed by atoms with Crippen LogP contribution in [-0.4, -0.2) is 95.0 Å². The van der Waals surface area contributed by atoms with E-state index in [1.54, 1.807) is 0 Å². The first-order chi connectivity index (χ1) is 34.8. The van der Waals surface area contributed by atoms with Crippen LogP contribution in [0.2, 0.25) is 0 Å². The number of phosphoric acid groups is 2. The number of carbonyl (C=O) groups excluding carboxylic acids is 2. The zero-order chi connectivity index (χ0) is 53.1. The molecule has 0 radical (unpaired) electrons. The van der Waals surface area contributed by atoms with Crippen LogP contribution in [0.15, 0.2) is 85.1 Å². The summed E-state index contributed by atoms with van der Waals surface area (Å²) in [6.07, 6.45) is 54.1. The number of hydrogen-bond acceptors (Lipinski definition) is 13. The van der Waals surface area contributed by atoms with Gasteiger partial charge in [0, 0.05) is 12.8 Å². The van der Waals surface area contributed by atoms with Gasteiger partial charge in [0.25, 0.3) is 0 Å². The minimum absolute atomic E-state index is 0.170. The zero-order valence-corrected chi connectivity index (χ0v) is 45.9. The third kappa shape index (κ3) is 52.1. The number of rotatable bonds is 51. The van der Waals surface area contributed by atoms with Gasteiger partial charge in [0.05, 0.1) is 26.4 Å². The number of esters is 2. The van der Waals surface area contributed by atoms with Crippen LogP contribution >= 0.6 is 15.6 Å². The number of ether oxygens (including phenoxy) is 2. The van der Waals surface area contributed by atoms with Gasteiger partial charge in [-0.05, 0) is 89.9 Å². The van der Waals surface area contributed by atoms with Gasteiger partial charge >= 0.3 is 27.6 Å². The van der Waals surface area contributed by atoms with E-state index >= 15 is 0 Å². The van der Waals surface area contributed by atoms with Gasteiger partial charge in [0.2, 0.25) is 0 Å². The van der Waals surface area contributed by atoms with Crippen molar-refractivity contribution >= 4 is 27.6 Å². The van der Waals surface area contributed by atoms with Gasteiger partial charge in [0.15, 0.2) is 0 Å². The summed E-state index contributed by atoms with van der Waals surface area (Å²) in [5.41, 5.74) is 0. The van der Waals surface area contributed by atoms with E-state index in [-0.39, 0.29) is 12.8 Å². The molecule has 0 heterocycles. The third-order valence-corrected chi connectivity index (χ3v) is 12.7. The Hall–Kier alpha value is -2.78. The van der Waals surface area contributed by atoms with Crippen LogP contribution in [0.25, 0.3) is 0 Å². The first-order valence-corrected chi connectivity index (χ1v) is 29.9. The number of aliphatic hydroxyl groups is 3. The average Bonchev–Trinajstić information content (AvgIpc) is 3.36. The Labute approximate surface area is 434 Å². The van der Waals surface area contributed by atoms with Crippen LogP contribution in [0, 0.1) is 0 Å². The number of aliphatic hydroxyl groups excluding tert-OH is 3. The fourth-order valence-corrected chi connectivity index (χ4v) is 8.27. The van der Waals surface area contributed by atoms with Crippen LogP contribution in [0.3, 0.4) is 0 Å². The fraction of sp³-hybridized carbons (Fsp3) is 0.709. The van der Waals surface area contributed by atoms with Crippen molar-refractivity contribution in [1.29, 1.82) is 0 Å². The number of hydrogen-bond donors (Lipinski definition) is 5. The highest BCUT2D eigenvalue weighted by molar-refractivity contribution is 7.47. The predicted octanol–water partition coefficient (Wildman–Crippen LogP) is 13.3. The monoisotopic (exact) mass is 1060 g/mol. The minimum atomic E-state index is -4.80. The van der Waals surface area contributed by atoms with Crippen LogP contribution in [0.1, 0.15) is 194 Å². The maximum atomic E-state index is 12.2. The summed E-state index contributed by atoms with van der Waals surface area (Å²) >= 11 is 0. The van der Waals surface area contributed by atoms with Gasteiger partial charge < -0.3 is 34.6 Å². The second-order valence-corrected chi connectivity index (χ2v) is 20.8. The van der Waals surface area contributed by atoms with E-state index < -0.39 is 85.5 Å². The summed E-state index contributed by atoms with van der Waals surface area (Å²) in [5.74, 6) is -1.02. The quantitative estimate of drug-likeness (QED) is 0.0165. The van der Waals surface area contributed by atoms with Crippen molar-refractivity contribution in [3.8, 4) is 0 Å². The van der Waals surface area contributed by atoms with Crippen molar-refractivity contribution < 1.29 is 71.4 Å². The largest absolute Gasteiger partial charge is 0.472 e. The van der Waals surface area contributed by atoms with E-state index in [9.17, 15) is 43.8 Å². The van der Waals surface area contributed by atoms with Crippen LogP contribution < -0.4 is 0 Å². The second kappa shape index (κ2) is 50.4. The van der Waals surface area contributed by atoms with Gasteiger partial charge in [0.1, 0.15) is 31.5 Å². The topological polar surface area (TPSA) is 225 Å². The van der Waals surface area contributed by atoms with Gasteiger partial charge in [-0.1, -0.05) is 176 Å². The lowest BCUT2D eigenvalue weighted by molar-refractivity contribution is -0.148. The molecule has 15 nitrogen and oxygen atoms in total. The van der Waals surface area contributed by atoms with Crippen molar-refractivity contribution in [3.63, 3.8) is 0 Å². The molecule has 17 heteroatoms. The Balaban J connectivity index is 3.88. The summed E-state index contributed by atoms with van der Waals surface area (Å²) in [5, 5.41) is 30.1. The van der Waals surface area contributed by atoms with Crippen molar-refractivity contribution in [1.82, 2.24) is 0 Å². The zero-order valence-electron chi connectivity index (χ0n) is 44.1. The number of allylic oxidation sites excluding steroid dienone is 14. The molecule has 416 valence electrons. The molecule has 0 saturated heterocycles. The summed E-state index contributed by atoms with van der Waals surface area (Å²) in [6, 6.07) is 0. The maximum absolute atomic E-state index is 12.2. The van der Waals surface area contributed by atoms with Gasteiger partial charge in [-0.2, -0.15) is 0 Å². The standard InChI is InChI=1S/C55H96O15P2/c1-3-5-7-9-11-13-15-17-19-21-23-24-26-28-30-32-34-36-38-40-42-44-55(60)66-46-52(57)48-68-72(63,64)70-50-53(58)49-69-71(61,62)67-47-51(56)45-65-54(59)43-41-39-37-35-33-31-29-27-25-22-20-18-16-14-12-10-8-6-4-2/h5,7,11-14,17-20,23-24,28,30,51-53,56-58H,3-4,6,8-10,15-16,21-22,25-27,29,31-50H2,1-2H3,(H,61,62)(H,63,64)/b7-5-,13-11-,14-12-,19-17-,20-18-,24-23-,30-28-. The van der Waals surface area contributed by atoms with E-state index in [1.807, 2.05) is 0 Å². The van der Waals surface area contributed by atoms with Crippen molar-refractivity contribution in [3.05, 3.63) is 85.1 Å². The fourth-order valence-electron chi connectivity index (χ4n) is 6.68. The Morgan fingerprint density at radius 2 is 0.639 bits per heavy atom. The number of carbonyl (C=O) groups is 2. The normalized spacial score (nSPS) is 15.5. The highest BCUT2D eigenvalue weighted by Crippen LogP contribution is 2.45. The summed E-state index contributed by atoms with van der Waals surface area (Å²) in [6.45, 7) is 0.261. The molecule has 5 N–H and O–H groups in total. The Morgan fingerprint density at radius 3 is 0.958 bits per heavy atom. The van der Waals surface area contributed by atoms with Crippen LogP contribution in [-0.2, 0) is 46.3 Å². The lowest BCUT2D eigenvalue weighted by Gasteiger charge is -2.19. The molecule has 0 fully saturated rings. The molecule has 0 bridgehead atoms. The summed E-state index contributed by atoms with van der Waals surface area (Å²) < 4.78 is 53.1. The molecule has 0 aromatic heterocycles. The van der Waals surface area contributed by atoms with Crippen molar-refractivity contribution in [2.75, 3.05) is 39.6 Å². The number of phosphoric ester groups is 2. The molecule has 0 aliphatic carbocycles. The maximum Gasteiger partial charge on any atom is 0.472 e. The first kappa shape index (κ1) is 69.2. The Bertz CT molecular complexity index is 1610. The summed E-state index contributed by atoms with van der Waals surface area (Å²) in [7, 11) is -9.59. The molecule has 0 aromatic rings. The molecule has 5 atom stereocenters. The minimum Gasteiger partial charge on any atom is -0.463 e. The highest BCUT2D eigenvalue weighted by Gasteiger charge is 2.28. The van der Waals surface area contributed by atoms with Crippen molar-refractivity contribution in [2.24, 2.45) is 0 Å². The molecular formula is C55H96O15P2. The molecule has 5 unspecified atom stereocenters. The van der Waals surface area contributed by atoms with Crippen LogP contribution in [0.4, 0.5) is 0 Å². The molecule has 0 amide bonds. The molecule has 72 heavy (non-hydrogen) atoms. The van der Waals surface area contributed by atoms with E-state index in [4.69, 9.17) is 18.5 Å². The summed E-state index contributed by atoms with van der Waals surface area (Å²) in [4.78, 5) is 43.9. The third-order valence-electron chi connectivity index (χ3n) is 10.8. The van der Waals surface area contributed by atoms with Gasteiger partial charge in [-0.3, -0.25) is 27.7 Å². The van der Waals surface area contributed by atoms with E-state index in [0.29, 0.717) is 12.8 Å². The lowest BCUT2D eigenvalue weighted by Crippen LogP contribution is -2.25. The number of unbranched alkanes of at least 4 members (excludes halogenated alkanes) is 17. The van der Waals surface area contributed by atoms with Gasteiger partial charge in [-0.15, -0.1) is 0 Å². The molecule has 0 spiro atoms. The SMILES string of the molecule is CC/C=C\C/C=C\C/C=C\C/C=C\C/C=C\CCCCCCCC(=O)OCC(O)COP(=O)(O)OCC(O)COP(=O)(O)OCC(O)COC(=O)CCCCCCCCCCC/C=C\C/C=C\CCCCC. The molecule has 0 aliphatic heterocycles. The molecule has 0 aromatic carbocycles. The second-order valence-electron chi connectivity index (χ2n) is 17.9. The average molecular weight is 1060 g/mol. The van der Waals surface area contributed by atoms with E-state index in [1.165, 1.54) is 57.8 Å². The molecule has 0 rings (SSSR count). The molecule has 0 saturated carbocycles. The lowest BCUT2D eigenvalue weighted by atomic mass is 10.1. The smallest absolute Gasteiger partial charge is 0.463 e. The molecule has 0 aliphatic rings. The van der Waals surface area contributed by atoms with Crippen LogP contribution in [0.5, 0.6) is 0 Å². The van der Waals surface area contributed by atoms with E-state index in [0.717, 1.165) is 96.3 Å². The highest BCUT2D eigenvalue weighted by atomic mass is 31.2. The Morgan fingerprint density at radius 1 is 0.375 bits per heavy atom. The van der Waals surface area contributed by atoms with E-state index in [2.05, 4.69) is 108 Å². The first-order valence-electron chi connectivity index (χ1n) is 26.9. The predicted molar refractivity (Wildman–Crippen MR) is 288 cm³/mol. The molecular weight excluding hydrogens is 963 g/mol. The Kier molecular flexibility index (Phi) is 48.4. The van der Waals surface area contributed by atoms with Crippen molar-refractivity contribution in [2.45, 2.75) is 212 Å².